The summed E-state index contributed by atoms with van der Waals surface area (Å²) in [4.78, 5) is 15.2. The number of furan rings is 1. The van der Waals surface area contributed by atoms with Gasteiger partial charge in [0.1, 0.15) is 11.2 Å². The van der Waals surface area contributed by atoms with Crippen LogP contribution in [-0.2, 0) is 0 Å². The lowest BCUT2D eigenvalue weighted by Gasteiger charge is -2.12. The summed E-state index contributed by atoms with van der Waals surface area (Å²) in [7, 11) is 0. The molecular weight excluding hydrogens is 550 g/mol. The molecule has 0 spiro atoms. The highest BCUT2D eigenvalue weighted by Gasteiger charge is 2.17. The van der Waals surface area contributed by atoms with Crippen LogP contribution in [0.2, 0.25) is 0 Å². The summed E-state index contributed by atoms with van der Waals surface area (Å²) in [6.07, 6.45) is 0. The van der Waals surface area contributed by atoms with E-state index < -0.39 is 0 Å². The van der Waals surface area contributed by atoms with Crippen LogP contribution in [0.15, 0.2) is 156 Å². The number of benzene rings is 7. The van der Waals surface area contributed by atoms with E-state index >= 15 is 0 Å². The van der Waals surface area contributed by atoms with Crippen molar-refractivity contribution < 1.29 is 4.42 Å². The van der Waals surface area contributed by atoms with E-state index in [-0.39, 0.29) is 0 Å². The van der Waals surface area contributed by atoms with E-state index in [0.717, 1.165) is 60.5 Å². The highest BCUT2D eigenvalue weighted by atomic mass is 16.3. The topological polar surface area (TPSA) is 51.8 Å². The van der Waals surface area contributed by atoms with Gasteiger partial charge >= 0.3 is 0 Å². The van der Waals surface area contributed by atoms with Crippen molar-refractivity contribution in [1.82, 2.24) is 15.0 Å². The van der Waals surface area contributed by atoms with Crippen LogP contribution in [0.5, 0.6) is 0 Å². The monoisotopic (exact) mass is 575 g/mol. The number of rotatable bonds is 4. The Labute approximate surface area is 259 Å². The number of hydrogen-bond acceptors (Lipinski definition) is 4. The SMILES string of the molecule is c1ccc(-c2ccc3c(c2)oc2ccc(-c4nc(-c5ccccc5)nc(-c5cc6ccccc6c6ccccc56)n4)cc23)cc1. The molecule has 2 heterocycles. The van der Waals surface area contributed by atoms with E-state index in [1.807, 2.05) is 48.5 Å². The van der Waals surface area contributed by atoms with Gasteiger partial charge in [-0.05, 0) is 69.1 Å². The second-order valence-corrected chi connectivity index (χ2v) is 11.3. The zero-order valence-corrected chi connectivity index (χ0v) is 24.2. The zero-order chi connectivity index (χ0) is 29.7. The summed E-state index contributed by atoms with van der Waals surface area (Å²) in [5.41, 5.74) is 6.80. The van der Waals surface area contributed by atoms with Crippen LogP contribution < -0.4 is 0 Å². The number of nitrogens with zero attached hydrogens (tertiary/aromatic N) is 3. The van der Waals surface area contributed by atoms with Gasteiger partial charge in [0.15, 0.2) is 17.5 Å². The van der Waals surface area contributed by atoms with Gasteiger partial charge in [-0.2, -0.15) is 0 Å². The Kier molecular flexibility index (Phi) is 5.78. The van der Waals surface area contributed by atoms with Gasteiger partial charge in [-0.15, -0.1) is 0 Å². The van der Waals surface area contributed by atoms with E-state index in [9.17, 15) is 0 Å². The van der Waals surface area contributed by atoms with Gasteiger partial charge in [0, 0.05) is 27.5 Å². The van der Waals surface area contributed by atoms with E-state index in [1.165, 1.54) is 10.8 Å². The molecule has 0 fully saturated rings. The first kappa shape index (κ1) is 25.4. The fourth-order valence-electron chi connectivity index (χ4n) is 6.31. The summed E-state index contributed by atoms with van der Waals surface area (Å²) >= 11 is 0. The Hall–Kier alpha value is -6.13. The molecule has 9 aromatic rings. The van der Waals surface area contributed by atoms with Crippen LogP contribution in [0.25, 0.3) is 88.8 Å². The second kappa shape index (κ2) is 10.2. The smallest absolute Gasteiger partial charge is 0.164 e. The van der Waals surface area contributed by atoms with Crippen LogP contribution in [0, 0.1) is 0 Å². The number of hydrogen-bond donors (Lipinski definition) is 0. The molecule has 0 unspecified atom stereocenters. The molecule has 45 heavy (non-hydrogen) atoms. The molecule has 0 saturated heterocycles. The van der Waals surface area contributed by atoms with Crippen molar-refractivity contribution in [3.8, 4) is 45.3 Å². The van der Waals surface area contributed by atoms with Gasteiger partial charge in [0.05, 0.1) is 0 Å². The van der Waals surface area contributed by atoms with Crippen molar-refractivity contribution in [2.24, 2.45) is 0 Å². The molecule has 7 aromatic carbocycles. The van der Waals surface area contributed by atoms with Gasteiger partial charge in [0.2, 0.25) is 0 Å². The zero-order valence-electron chi connectivity index (χ0n) is 24.2. The van der Waals surface area contributed by atoms with Crippen molar-refractivity contribution in [1.29, 1.82) is 0 Å². The van der Waals surface area contributed by atoms with Gasteiger partial charge in [-0.25, -0.2) is 15.0 Å². The van der Waals surface area contributed by atoms with Crippen molar-refractivity contribution in [2.75, 3.05) is 0 Å². The molecule has 4 heteroatoms. The highest BCUT2D eigenvalue weighted by molar-refractivity contribution is 6.13. The van der Waals surface area contributed by atoms with Crippen LogP contribution in [-0.4, -0.2) is 15.0 Å². The van der Waals surface area contributed by atoms with Gasteiger partial charge in [0.25, 0.3) is 0 Å². The molecule has 0 atom stereocenters. The van der Waals surface area contributed by atoms with Gasteiger partial charge in [-0.1, -0.05) is 115 Å². The Balaban J connectivity index is 1.25. The van der Waals surface area contributed by atoms with Crippen molar-refractivity contribution in [3.05, 3.63) is 152 Å². The molecule has 0 saturated carbocycles. The number of aromatic nitrogens is 3. The van der Waals surface area contributed by atoms with E-state index in [2.05, 4.69) is 103 Å². The first-order valence-electron chi connectivity index (χ1n) is 15.0. The lowest BCUT2D eigenvalue weighted by atomic mass is 9.97. The summed E-state index contributed by atoms with van der Waals surface area (Å²) < 4.78 is 6.33. The second-order valence-electron chi connectivity index (χ2n) is 11.3. The van der Waals surface area contributed by atoms with E-state index in [4.69, 9.17) is 19.4 Å². The fraction of sp³-hybridized carbons (Fsp3) is 0. The number of fused-ring (bicyclic) bond motifs is 6. The molecule has 0 aliphatic carbocycles. The molecule has 0 N–H and O–H groups in total. The van der Waals surface area contributed by atoms with Crippen molar-refractivity contribution in [2.45, 2.75) is 0 Å². The predicted octanol–water partition coefficient (Wildman–Crippen LogP) is 10.7. The van der Waals surface area contributed by atoms with Crippen LogP contribution >= 0.6 is 0 Å². The first-order chi connectivity index (χ1) is 22.3. The quantitative estimate of drug-likeness (QED) is 0.196. The first-order valence-corrected chi connectivity index (χ1v) is 15.0. The van der Waals surface area contributed by atoms with E-state index in [1.54, 1.807) is 0 Å². The molecule has 2 aromatic heterocycles. The third kappa shape index (κ3) is 4.35. The van der Waals surface area contributed by atoms with Gasteiger partial charge in [-0.3, -0.25) is 0 Å². The minimum absolute atomic E-state index is 0.619. The van der Waals surface area contributed by atoms with Gasteiger partial charge < -0.3 is 4.42 Å². The lowest BCUT2D eigenvalue weighted by Crippen LogP contribution is -2.00. The van der Waals surface area contributed by atoms with Crippen LogP contribution in [0.4, 0.5) is 0 Å². The molecule has 210 valence electrons. The van der Waals surface area contributed by atoms with Crippen LogP contribution in [0.1, 0.15) is 0 Å². The molecule has 0 amide bonds. The summed E-state index contributed by atoms with van der Waals surface area (Å²) in [5, 5.41) is 6.73. The Morgan fingerprint density at radius 1 is 0.333 bits per heavy atom. The maximum Gasteiger partial charge on any atom is 0.164 e. The molecule has 9 rings (SSSR count). The molecule has 0 aliphatic heterocycles. The largest absolute Gasteiger partial charge is 0.456 e. The van der Waals surface area contributed by atoms with Crippen molar-refractivity contribution >= 4 is 43.5 Å². The van der Waals surface area contributed by atoms with Crippen molar-refractivity contribution in [3.63, 3.8) is 0 Å². The summed E-state index contributed by atoms with van der Waals surface area (Å²) in [6, 6.07) is 52.2. The Morgan fingerprint density at radius 3 is 1.76 bits per heavy atom. The standard InChI is InChI=1S/C41H25N3O/c1-3-11-26(12-4-1)28-19-21-34-35-24-30(20-22-37(35)45-38(34)25-28)40-42-39(27-13-5-2-6-14-27)43-41(44-40)36-23-29-15-7-8-16-31(29)32-17-9-10-18-33(32)36/h1-25H. The average Bonchev–Trinajstić information content (AvgIpc) is 3.49. The minimum Gasteiger partial charge on any atom is -0.456 e. The average molecular weight is 576 g/mol. The van der Waals surface area contributed by atoms with Crippen LogP contribution in [0.3, 0.4) is 0 Å². The Bertz CT molecular complexity index is 2540. The minimum atomic E-state index is 0.619. The summed E-state index contributed by atoms with van der Waals surface area (Å²) in [6.45, 7) is 0. The predicted molar refractivity (Wildman–Crippen MR) is 184 cm³/mol. The third-order valence-electron chi connectivity index (χ3n) is 8.51. The molecule has 0 aliphatic rings. The normalized spacial score (nSPS) is 11.6. The van der Waals surface area contributed by atoms with E-state index in [0.29, 0.717) is 17.5 Å². The third-order valence-corrected chi connectivity index (χ3v) is 8.51. The molecule has 0 bridgehead atoms. The molecule has 0 radical (unpaired) electrons. The summed E-state index contributed by atoms with van der Waals surface area (Å²) in [5.74, 6) is 1.90. The fourth-order valence-corrected chi connectivity index (χ4v) is 6.31. The molecular formula is C41H25N3O. The maximum atomic E-state index is 6.33. The maximum absolute atomic E-state index is 6.33. The lowest BCUT2D eigenvalue weighted by molar-refractivity contribution is 0.669. The highest BCUT2D eigenvalue weighted by Crippen LogP contribution is 2.37. The Morgan fingerprint density at radius 2 is 0.956 bits per heavy atom. The molecule has 4 nitrogen and oxygen atoms in total.